The maximum atomic E-state index is 13.9. The molecular weight excluding hydrogens is 356 g/mol. The minimum atomic E-state index is -0.748. The van der Waals surface area contributed by atoms with Gasteiger partial charge in [0.25, 0.3) is 0 Å². The fourth-order valence-electron chi connectivity index (χ4n) is 2.50. The van der Waals surface area contributed by atoms with Gasteiger partial charge >= 0.3 is 0 Å². The highest BCUT2D eigenvalue weighted by atomic mass is 19.1. The molecule has 0 aliphatic rings. The van der Waals surface area contributed by atoms with Gasteiger partial charge in [-0.1, -0.05) is 18.2 Å². The van der Waals surface area contributed by atoms with Crippen molar-refractivity contribution < 1.29 is 19.0 Å². The monoisotopic (exact) mass is 375 g/mol. The van der Waals surface area contributed by atoms with Gasteiger partial charge in [-0.15, -0.1) is 0 Å². The summed E-state index contributed by atoms with van der Waals surface area (Å²) >= 11 is 0. The van der Waals surface area contributed by atoms with Crippen molar-refractivity contribution in [3.63, 3.8) is 0 Å². The summed E-state index contributed by atoms with van der Waals surface area (Å²) in [5.41, 5.74) is 1.65. The molecular formula is C18H19F2N5O2. The molecule has 0 saturated heterocycles. The number of aryl methyl sites for hydroxylation is 1. The maximum absolute atomic E-state index is 13.9. The Hall–Kier alpha value is -2.91. The Kier molecular flexibility index (Phi) is 5.72. The van der Waals surface area contributed by atoms with E-state index in [0.717, 1.165) is 11.9 Å². The molecule has 7 nitrogen and oxygen atoms in total. The Morgan fingerprint density at radius 3 is 2.59 bits per heavy atom. The third kappa shape index (κ3) is 4.26. The van der Waals surface area contributed by atoms with E-state index in [1.165, 1.54) is 6.07 Å². The van der Waals surface area contributed by atoms with E-state index in [2.05, 4.69) is 20.4 Å². The highest BCUT2D eigenvalue weighted by Crippen LogP contribution is 2.20. The summed E-state index contributed by atoms with van der Waals surface area (Å²) < 4.78 is 29.4. The topological polar surface area (TPSA) is 96.1 Å². The maximum Gasteiger partial charge on any atom is 0.183 e. The van der Waals surface area contributed by atoms with E-state index in [-0.39, 0.29) is 37.2 Å². The third-order valence-corrected chi connectivity index (χ3v) is 4.01. The quantitative estimate of drug-likeness (QED) is 0.582. The minimum Gasteiger partial charge on any atom is -0.394 e. The van der Waals surface area contributed by atoms with Crippen molar-refractivity contribution in [2.24, 2.45) is 0 Å². The van der Waals surface area contributed by atoms with Crippen LogP contribution in [0.15, 0.2) is 36.5 Å². The van der Waals surface area contributed by atoms with E-state index < -0.39 is 11.9 Å². The SMILES string of the molecule is Cc1cc(-c2ncc(F)c(NC(CO)CO)n2)nn1Cc1ccccc1F. The molecule has 0 atom stereocenters. The predicted octanol–water partition coefficient (Wildman–Crippen LogP) is 1.74. The average Bonchev–Trinajstić information content (AvgIpc) is 3.03. The van der Waals surface area contributed by atoms with Crippen molar-refractivity contribution >= 4 is 5.82 Å². The van der Waals surface area contributed by atoms with Gasteiger partial charge in [-0.05, 0) is 19.1 Å². The van der Waals surface area contributed by atoms with Crippen LogP contribution in [0.25, 0.3) is 11.5 Å². The highest BCUT2D eigenvalue weighted by molar-refractivity contribution is 5.53. The Morgan fingerprint density at radius 2 is 1.89 bits per heavy atom. The number of nitrogens with zero attached hydrogens (tertiary/aromatic N) is 4. The fourth-order valence-corrected chi connectivity index (χ4v) is 2.50. The van der Waals surface area contributed by atoms with Gasteiger partial charge < -0.3 is 15.5 Å². The standard InChI is InChI=1S/C18H19F2N5O2/c1-11-6-16(24-25(11)8-12-4-2-3-5-14(12)19)18-21-7-15(20)17(23-18)22-13(9-26)10-27/h2-7,13,26-27H,8-10H2,1H3,(H,21,22,23). The first kappa shape index (κ1) is 18.9. The Labute approximate surface area is 154 Å². The number of anilines is 1. The van der Waals surface area contributed by atoms with Gasteiger partial charge in [-0.3, -0.25) is 4.68 Å². The zero-order valence-electron chi connectivity index (χ0n) is 14.6. The lowest BCUT2D eigenvalue weighted by molar-refractivity contribution is 0.203. The molecule has 27 heavy (non-hydrogen) atoms. The van der Waals surface area contributed by atoms with Gasteiger partial charge in [0.05, 0.1) is 32.0 Å². The van der Waals surface area contributed by atoms with Gasteiger partial charge in [0, 0.05) is 11.3 Å². The molecule has 142 valence electrons. The molecule has 1 aromatic carbocycles. The van der Waals surface area contributed by atoms with E-state index in [9.17, 15) is 8.78 Å². The molecule has 0 fully saturated rings. The van der Waals surface area contributed by atoms with Crippen LogP contribution in [0, 0.1) is 18.6 Å². The van der Waals surface area contributed by atoms with Crippen LogP contribution in [0.5, 0.6) is 0 Å². The van der Waals surface area contributed by atoms with Gasteiger partial charge in [0.1, 0.15) is 11.5 Å². The normalized spacial score (nSPS) is 11.2. The first-order chi connectivity index (χ1) is 13.0. The summed E-state index contributed by atoms with van der Waals surface area (Å²) in [5.74, 6) is -1.01. The van der Waals surface area contributed by atoms with E-state index in [1.807, 2.05) is 6.92 Å². The second kappa shape index (κ2) is 8.19. The first-order valence-corrected chi connectivity index (χ1v) is 8.30. The van der Waals surface area contributed by atoms with Crippen LogP contribution in [-0.2, 0) is 6.54 Å². The lowest BCUT2D eigenvalue weighted by Gasteiger charge is -2.14. The lowest BCUT2D eigenvalue weighted by atomic mass is 10.2. The van der Waals surface area contributed by atoms with Crippen molar-refractivity contribution in [2.45, 2.75) is 19.5 Å². The molecule has 0 saturated carbocycles. The van der Waals surface area contributed by atoms with Crippen LogP contribution in [-0.4, -0.2) is 49.2 Å². The molecule has 0 radical (unpaired) electrons. The van der Waals surface area contributed by atoms with Crippen LogP contribution >= 0.6 is 0 Å². The summed E-state index contributed by atoms with van der Waals surface area (Å²) in [6.45, 7) is 1.28. The van der Waals surface area contributed by atoms with Crippen molar-refractivity contribution in [2.75, 3.05) is 18.5 Å². The average molecular weight is 375 g/mol. The number of hydrogen-bond acceptors (Lipinski definition) is 6. The molecule has 9 heteroatoms. The van der Waals surface area contributed by atoms with E-state index >= 15 is 0 Å². The second-order valence-electron chi connectivity index (χ2n) is 6.02. The smallest absolute Gasteiger partial charge is 0.183 e. The molecule has 0 spiro atoms. The fraction of sp³-hybridized carbons (Fsp3) is 0.278. The van der Waals surface area contributed by atoms with Gasteiger partial charge in [-0.2, -0.15) is 5.10 Å². The third-order valence-electron chi connectivity index (χ3n) is 4.01. The van der Waals surface area contributed by atoms with Crippen molar-refractivity contribution in [3.05, 3.63) is 59.4 Å². The molecule has 3 rings (SSSR count). The first-order valence-electron chi connectivity index (χ1n) is 8.30. The number of nitrogens with one attached hydrogen (secondary N) is 1. The molecule has 2 heterocycles. The molecule has 0 amide bonds. The van der Waals surface area contributed by atoms with E-state index in [4.69, 9.17) is 10.2 Å². The van der Waals surface area contributed by atoms with Crippen LogP contribution in [0.4, 0.5) is 14.6 Å². The van der Waals surface area contributed by atoms with Gasteiger partial charge in [-0.25, -0.2) is 18.7 Å². The lowest BCUT2D eigenvalue weighted by Crippen LogP contribution is -2.28. The molecule has 3 N–H and O–H groups in total. The summed E-state index contributed by atoms with van der Waals surface area (Å²) in [6, 6.07) is 7.40. The number of hydrogen-bond donors (Lipinski definition) is 3. The number of aliphatic hydroxyl groups is 2. The summed E-state index contributed by atoms with van der Waals surface area (Å²) in [6.07, 6.45) is 0.988. The molecule has 3 aromatic rings. The zero-order chi connectivity index (χ0) is 19.4. The van der Waals surface area contributed by atoms with Gasteiger partial charge in [0.15, 0.2) is 17.5 Å². The summed E-state index contributed by atoms with van der Waals surface area (Å²) in [4.78, 5) is 8.03. The Bertz CT molecular complexity index is 928. The Morgan fingerprint density at radius 1 is 1.15 bits per heavy atom. The summed E-state index contributed by atoms with van der Waals surface area (Å²) in [5, 5.41) is 25.3. The van der Waals surface area contributed by atoms with Crippen molar-refractivity contribution in [1.29, 1.82) is 0 Å². The molecule has 0 aliphatic carbocycles. The molecule has 0 aliphatic heterocycles. The number of aliphatic hydroxyl groups excluding tert-OH is 2. The van der Waals surface area contributed by atoms with Crippen LogP contribution < -0.4 is 5.32 Å². The van der Waals surface area contributed by atoms with Gasteiger partial charge in [0.2, 0.25) is 0 Å². The second-order valence-corrected chi connectivity index (χ2v) is 6.02. The number of benzene rings is 1. The number of aromatic nitrogens is 4. The van der Waals surface area contributed by atoms with E-state index in [1.54, 1.807) is 28.9 Å². The molecule has 0 unspecified atom stereocenters. The van der Waals surface area contributed by atoms with Crippen LogP contribution in [0.2, 0.25) is 0 Å². The highest BCUT2D eigenvalue weighted by Gasteiger charge is 2.16. The van der Waals surface area contributed by atoms with Crippen LogP contribution in [0.1, 0.15) is 11.3 Å². The Balaban J connectivity index is 1.88. The number of rotatable bonds is 7. The zero-order valence-corrected chi connectivity index (χ0v) is 14.6. The largest absolute Gasteiger partial charge is 0.394 e. The summed E-state index contributed by atoms with van der Waals surface area (Å²) in [7, 11) is 0. The predicted molar refractivity (Wildman–Crippen MR) is 95.0 cm³/mol. The minimum absolute atomic E-state index is 0.144. The molecule has 0 bridgehead atoms. The van der Waals surface area contributed by atoms with E-state index in [0.29, 0.717) is 11.3 Å². The van der Waals surface area contributed by atoms with Crippen LogP contribution in [0.3, 0.4) is 0 Å². The van der Waals surface area contributed by atoms with Crippen molar-refractivity contribution in [1.82, 2.24) is 19.7 Å². The number of halogens is 2. The van der Waals surface area contributed by atoms with Crippen molar-refractivity contribution in [3.8, 4) is 11.5 Å². The molecule has 2 aromatic heterocycles.